The van der Waals surface area contributed by atoms with Gasteiger partial charge in [-0.1, -0.05) is 0 Å². The van der Waals surface area contributed by atoms with Crippen molar-refractivity contribution in [2.45, 2.75) is 0 Å². The van der Waals surface area contributed by atoms with E-state index in [1.807, 2.05) is 18.2 Å². The van der Waals surface area contributed by atoms with Gasteiger partial charge in [0.25, 0.3) is 0 Å². The van der Waals surface area contributed by atoms with Gasteiger partial charge >= 0.3 is 0 Å². The predicted molar refractivity (Wildman–Crippen MR) is 25.0 cm³/mol. The summed E-state index contributed by atoms with van der Waals surface area (Å²) in [5.41, 5.74) is 0. The molecule has 7 heavy (non-hydrogen) atoms. The molecule has 0 saturated carbocycles. The van der Waals surface area contributed by atoms with E-state index in [4.69, 9.17) is 0 Å². The fraction of sp³-hybridized carbons (Fsp3) is 0.200. The quantitative estimate of drug-likeness (QED) is 0.344. The van der Waals surface area contributed by atoms with Crippen LogP contribution in [0.2, 0.25) is 0 Å². The first-order chi connectivity index (χ1) is 3.00. The first-order valence-electron chi connectivity index (χ1n) is 1.97. The SMILES string of the molecule is [C+]1=CC=CCN1.[Cl-]. The van der Waals surface area contributed by atoms with Gasteiger partial charge in [-0.15, -0.1) is 0 Å². The van der Waals surface area contributed by atoms with Gasteiger partial charge in [0, 0.05) is 6.08 Å². The Morgan fingerprint density at radius 3 is 2.57 bits per heavy atom. The van der Waals surface area contributed by atoms with Gasteiger partial charge in [-0.2, -0.15) is 0 Å². The van der Waals surface area contributed by atoms with Crippen molar-refractivity contribution in [3.8, 4) is 0 Å². The van der Waals surface area contributed by atoms with E-state index < -0.39 is 0 Å². The summed E-state index contributed by atoms with van der Waals surface area (Å²) in [5.74, 6) is 0. The molecule has 1 nitrogen and oxygen atoms in total. The lowest BCUT2D eigenvalue weighted by molar-refractivity contribution is -0.00000123. The molecule has 0 aromatic rings. The van der Waals surface area contributed by atoms with Crippen LogP contribution in [0.4, 0.5) is 0 Å². The van der Waals surface area contributed by atoms with Crippen LogP contribution in [-0.4, -0.2) is 6.54 Å². The van der Waals surface area contributed by atoms with E-state index in [-0.39, 0.29) is 12.4 Å². The third-order valence-corrected chi connectivity index (χ3v) is 0.638. The highest BCUT2D eigenvalue weighted by molar-refractivity contribution is 5.03. The molecule has 0 unspecified atom stereocenters. The van der Waals surface area contributed by atoms with Crippen molar-refractivity contribution in [1.82, 2.24) is 5.32 Å². The molecule has 0 fully saturated rings. The summed E-state index contributed by atoms with van der Waals surface area (Å²) in [5, 5.41) is 2.89. The van der Waals surface area contributed by atoms with E-state index in [0.29, 0.717) is 0 Å². The van der Waals surface area contributed by atoms with Crippen molar-refractivity contribution in [1.29, 1.82) is 0 Å². The summed E-state index contributed by atoms with van der Waals surface area (Å²) in [7, 11) is 0. The average molecular weight is 116 g/mol. The highest BCUT2D eigenvalue weighted by atomic mass is 35.5. The molecule has 0 bridgehead atoms. The van der Waals surface area contributed by atoms with Crippen LogP contribution in [0.5, 0.6) is 0 Å². The number of dihydropyridines is 1. The smallest absolute Gasteiger partial charge is 0.188 e. The molecule has 0 aromatic carbocycles. The third-order valence-electron chi connectivity index (χ3n) is 0.638. The van der Waals surface area contributed by atoms with Crippen molar-refractivity contribution >= 4 is 0 Å². The highest BCUT2D eigenvalue weighted by Crippen LogP contribution is 1.77. The molecule has 1 heterocycles. The van der Waals surface area contributed by atoms with Crippen LogP contribution in [0.3, 0.4) is 0 Å². The molecule has 1 N–H and O–H groups in total. The molecule has 2 heteroatoms. The standard InChI is InChI=1S/C5H6N.ClH/c1-2-4-6-5-3-1;/h1-3,6H,4H2;1H/q+1;/p-1. The van der Waals surface area contributed by atoms with Crippen molar-refractivity contribution in [3.63, 3.8) is 0 Å². The van der Waals surface area contributed by atoms with Crippen LogP contribution >= 0.6 is 0 Å². The molecular weight excluding hydrogens is 110 g/mol. The second kappa shape index (κ2) is 3.66. The maximum absolute atomic E-state index is 2.89. The summed E-state index contributed by atoms with van der Waals surface area (Å²) >= 11 is 0. The summed E-state index contributed by atoms with van der Waals surface area (Å²) in [4.78, 5) is 0. The third kappa shape index (κ3) is 2.21. The number of hydrogen-bond donors (Lipinski definition) is 1. The Balaban J connectivity index is 0.000000360. The minimum absolute atomic E-state index is 0. The van der Waals surface area contributed by atoms with Crippen LogP contribution < -0.4 is 17.7 Å². The fourth-order valence-corrected chi connectivity index (χ4v) is 0.361. The summed E-state index contributed by atoms with van der Waals surface area (Å²) < 4.78 is 0. The number of allylic oxidation sites excluding steroid dienone is 2. The molecule has 0 aromatic heterocycles. The number of halogens is 1. The van der Waals surface area contributed by atoms with Crippen LogP contribution in [0.25, 0.3) is 0 Å². The minimum atomic E-state index is 0. The van der Waals surface area contributed by atoms with Gasteiger partial charge in [0.15, 0.2) is 12.3 Å². The van der Waals surface area contributed by atoms with Gasteiger partial charge in [-0.05, 0) is 0 Å². The highest BCUT2D eigenvalue weighted by Gasteiger charge is 1.86. The Kier molecular flexibility index (Phi) is 3.39. The van der Waals surface area contributed by atoms with Crippen molar-refractivity contribution in [3.05, 3.63) is 24.4 Å². The summed E-state index contributed by atoms with van der Waals surface area (Å²) in [6.07, 6.45) is 8.68. The number of hydrogen-bond acceptors (Lipinski definition) is 1. The van der Waals surface area contributed by atoms with E-state index in [1.165, 1.54) is 0 Å². The Labute approximate surface area is 49.5 Å². The maximum atomic E-state index is 2.89. The second-order valence-corrected chi connectivity index (χ2v) is 1.12. The molecule has 0 spiro atoms. The van der Waals surface area contributed by atoms with E-state index in [2.05, 4.69) is 11.5 Å². The molecule has 0 saturated heterocycles. The maximum Gasteiger partial charge on any atom is 0.188 e. The van der Waals surface area contributed by atoms with Gasteiger partial charge < -0.3 is 12.4 Å². The van der Waals surface area contributed by atoms with Gasteiger partial charge in [-0.3, -0.25) is 5.32 Å². The van der Waals surface area contributed by atoms with Crippen molar-refractivity contribution in [2.24, 2.45) is 0 Å². The van der Waals surface area contributed by atoms with E-state index in [9.17, 15) is 0 Å². The molecule has 0 amide bonds. The molecular formula is C5H6ClN. The van der Waals surface area contributed by atoms with E-state index in [1.54, 1.807) is 0 Å². The predicted octanol–water partition coefficient (Wildman–Crippen LogP) is -2.53. The molecule has 1 aliphatic heterocycles. The molecule has 1 aliphatic rings. The second-order valence-electron chi connectivity index (χ2n) is 1.12. The largest absolute Gasteiger partial charge is 1.00 e. The van der Waals surface area contributed by atoms with Crippen LogP contribution in [0, 0.1) is 6.20 Å². The zero-order valence-corrected chi connectivity index (χ0v) is 4.57. The monoisotopic (exact) mass is 115 g/mol. The zero-order valence-electron chi connectivity index (χ0n) is 3.82. The molecule has 38 valence electrons. The minimum Gasteiger partial charge on any atom is -1.00 e. The average Bonchev–Trinajstić information content (AvgIpc) is 1.72. The lowest BCUT2D eigenvalue weighted by Gasteiger charge is -1.82. The number of rotatable bonds is 0. The first kappa shape index (κ1) is 6.48. The zero-order chi connectivity index (χ0) is 4.24. The van der Waals surface area contributed by atoms with Gasteiger partial charge in [-0.25, -0.2) is 0 Å². The summed E-state index contributed by atoms with van der Waals surface area (Å²) in [6, 6.07) is 0. The molecule has 1 rings (SSSR count). The Morgan fingerprint density at radius 1 is 1.57 bits per heavy atom. The van der Waals surface area contributed by atoms with E-state index >= 15 is 0 Å². The first-order valence-corrected chi connectivity index (χ1v) is 1.97. The normalized spacial score (nSPS) is 13.7. The Hall–Kier alpha value is -0.520. The van der Waals surface area contributed by atoms with Gasteiger partial charge in [0.2, 0.25) is 0 Å². The fourth-order valence-electron chi connectivity index (χ4n) is 0.361. The number of nitrogens with one attached hydrogen (secondary N) is 1. The van der Waals surface area contributed by atoms with Crippen LogP contribution in [-0.2, 0) is 0 Å². The van der Waals surface area contributed by atoms with Gasteiger partial charge in [0.1, 0.15) is 0 Å². The Morgan fingerprint density at radius 2 is 2.43 bits per heavy atom. The lowest BCUT2D eigenvalue weighted by Crippen LogP contribution is -3.00. The van der Waals surface area contributed by atoms with Gasteiger partial charge in [0.05, 0.1) is 12.6 Å². The summed E-state index contributed by atoms with van der Waals surface area (Å²) in [6.45, 7) is 0.927. The van der Waals surface area contributed by atoms with Crippen molar-refractivity contribution in [2.75, 3.05) is 6.54 Å². The topological polar surface area (TPSA) is 12.0 Å². The molecule has 0 radical (unpaired) electrons. The van der Waals surface area contributed by atoms with Crippen molar-refractivity contribution < 1.29 is 12.4 Å². The molecule has 0 atom stereocenters. The van der Waals surface area contributed by atoms with Crippen LogP contribution in [0.15, 0.2) is 18.2 Å². The van der Waals surface area contributed by atoms with Crippen LogP contribution in [0.1, 0.15) is 0 Å². The lowest BCUT2D eigenvalue weighted by atomic mass is 10.4. The Bertz CT molecular complexity index is 74.1. The van der Waals surface area contributed by atoms with E-state index in [0.717, 1.165) is 6.54 Å². The molecule has 0 aliphatic carbocycles.